The van der Waals surface area contributed by atoms with Gasteiger partial charge in [0.05, 0.1) is 23.3 Å². The van der Waals surface area contributed by atoms with E-state index in [1.165, 1.54) is 64.9 Å². The number of benzene rings is 14. The minimum atomic E-state index is -0.192. The summed E-state index contributed by atoms with van der Waals surface area (Å²) in [6.45, 7) is -0.383. The average molecular weight is 933 g/mol. The lowest BCUT2D eigenvalue weighted by atomic mass is 9.35. The molecule has 4 heteroatoms. The van der Waals surface area contributed by atoms with Gasteiger partial charge >= 0.3 is 0 Å². The molecule has 0 atom stereocenters. The lowest BCUT2D eigenvalue weighted by molar-refractivity contribution is 1.48. The SMILES string of the molecule is N#Cc1ccccc1-c1cc(B(c2ccc3ccccc3c2)c2ccc3ccccc3c2)c2ccc3c(B(c4ccc5ccccc5c4)c4ccc5ccccc5c4)cc(-c4ccccc4C#N)c4ccc1c2c34. The van der Waals surface area contributed by atoms with Crippen molar-refractivity contribution < 1.29 is 0 Å². The van der Waals surface area contributed by atoms with Crippen LogP contribution in [0, 0.1) is 22.7 Å². The van der Waals surface area contributed by atoms with Crippen LogP contribution in [0.15, 0.2) is 255 Å². The Bertz CT molecular complexity index is 4220. The zero-order chi connectivity index (χ0) is 49.3. The van der Waals surface area contributed by atoms with Gasteiger partial charge in [-0.25, -0.2) is 0 Å². The Kier molecular flexibility index (Phi) is 10.2. The Labute approximate surface area is 430 Å². The second-order valence-corrected chi connectivity index (χ2v) is 19.7. The summed E-state index contributed by atoms with van der Waals surface area (Å²) in [6, 6.07) is 97.4. The molecule has 0 N–H and O–H groups in total. The van der Waals surface area contributed by atoms with Crippen molar-refractivity contribution in [2.75, 3.05) is 0 Å². The van der Waals surface area contributed by atoms with E-state index in [4.69, 9.17) is 0 Å². The summed E-state index contributed by atoms with van der Waals surface area (Å²) < 4.78 is 0. The molecule has 0 fully saturated rings. The van der Waals surface area contributed by atoms with Crippen molar-refractivity contribution in [3.05, 3.63) is 266 Å². The minimum absolute atomic E-state index is 0.192. The lowest BCUT2D eigenvalue weighted by Gasteiger charge is -2.26. The zero-order valence-corrected chi connectivity index (χ0v) is 40.3. The zero-order valence-electron chi connectivity index (χ0n) is 40.3. The van der Waals surface area contributed by atoms with E-state index in [9.17, 15) is 10.5 Å². The van der Waals surface area contributed by atoms with Crippen LogP contribution in [0.5, 0.6) is 0 Å². The van der Waals surface area contributed by atoms with Gasteiger partial charge < -0.3 is 0 Å². The molecule has 0 aliphatic heterocycles. The molecule has 14 rings (SSSR count). The van der Waals surface area contributed by atoms with Crippen molar-refractivity contribution in [1.29, 1.82) is 10.5 Å². The highest BCUT2D eigenvalue weighted by atomic mass is 14.3. The van der Waals surface area contributed by atoms with Crippen LogP contribution in [0.4, 0.5) is 0 Å². The van der Waals surface area contributed by atoms with E-state index in [1.54, 1.807) is 0 Å². The lowest BCUT2D eigenvalue weighted by Crippen LogP contribution is -2.52. The van der Waals surface area contributed by atoms with Crippen LogP contribution in [-0.2, 0) is 0 Å². The predicted octanol–water partition coefficient (Wildman–Crippen LogP) is 13.3. The molecule has 0 unspecified atom stereocenters. The Balaban J connectivity index is 1.16. The Morgan fingerprint density at radius 2 is 0.527 bits per heavy atom. The standard InChI is InChI=1S/C70H42B2N2/c73-43-53-21-9-11-23-59(53)65-41-67(71(55-29-25-45-13-1-5-17-49(45)37-55)56-30-26-46-14-2-6-18-50(46)38-56)63-35-36-64-68(42-66(60-24-12-10-22-54(60)44-74)62-34-33-61(65)69(63)70(62)64)72(57-31-27-47-15-3-7-19-51(47)39-57)58-32-28-48-16-4-8-20-52(48)40-58/h1-42H. The third-order valence-corrected chi connectivity index (χ3v) is 15.7. The van der Waals surface area contributed by atoms with Gasteiger partial charge in [0.25, 0.3) is 0 Å². The molecule has 0 saturated heterocycles. The summed E-state index contributed by atoms with van der Waals surface area (Å²) in [5.74, 6) is 0. The Hall–Kier alpha value is -9.73. The molecule has 0 saturated carbocycles. The highest BCUT2D eigenvalue weighted by Crippen LogP contribution is 2.43. The van der Waals surface area contributed by atoms with Crippen molar-refractivity contribution >= 4 is 122 Å². The molecule has 0 bridgehead atoms. The molecule has 74 heavy (non-hydrogen) atoms. The van der Waals surface area contributed by atoms with E-state index in [-0.39, 0.29) is 13.4 Å². The van der Waals surface area contributed by atoms with E-state index >= 15 is 0 Å². The summed E-state index contributed by atoms with van der Waals surface area (Å²) in [4.78, 5) is 0. The Morgan fingerprint density at radius 1 is 0.243 bits per heavy atom. The first-order valence-corrected chi connectivity index (χ1v) is 25.3. The molecule has 14 aromatic carbocycles. The van der Waals surface area contributed by atoms with E-state index in [1.807, 2.05) is 36.4 Å². The highest BCUT2D eigenvalue weighted by Gasteiger charge is 2.31. The van der Waals surface area contributed by atoms with Crippen LogP contribution in [0.1, 0.15) is 11.1 Å². The molecule has 0 radical (unpaired) electrons. The highest BCUT2D eigenvalue weighted by molar-refractivity contribution is 6.98. The number of hydrogen-bond acceptors (Lipinski definition) is 2. The van der Waals surface area contributed by atoms with Gasteiger partial charge in [0.2, 0.25) is 13.4 Å². The van der Waals surface area contributed by atoms with Gasteiger partial charge in [-0.15, -0.1) is 0 Å². The molecule has 338 valence electrons. The van der Waals surface area contributed by atoms with Crippen LogP contribution < -0.4 is 32.8 Å². The van der Waals surface area contributed by atoms with Crippen molar-refractivity contribution in [2.24, 2.45) is 0 Å². The predicted molar refractivity (Wildman–Crippen MR) is 316 cm³/mol. The van der Waals surface area contributed by atoms with E-state index in [0.29, 0.717) is 11.1 Å². The van der Waals surface area contributed by atoms with Crippen LogP contribution in [0.25, 0.3) is 97.7 Å². The van der Waals surface area contributed by atoms with Crippen molar-refractivity contribution in [1.82, 2.24) is 0 Å². The van der Waals surface area contributed by atoms with Gasteiger partial charge in [0.1, 0.15) is 0 Å². The second-order valence-electron chi connectivity index (χ2n) is 19.7. The Morgan fingerprint density at radius 3 is 0.851 bits per heavy atom. The van der Waals surface area contributed by atoms with Crippen molar-refractivity contribution in [3.63, 3.8) is 0 Å². The monoisotopic (exact) mass is 932 g/mol. The second kappa shape index (κ2) is 17.5. The normalized spacial score (nSPS) is 11.5. The van der Waals surface area contributed by atoms with Gasteiger partial charge in [-0.1, -0.05) is 275 Å². The molecule has 0 aliphatic carbocycles. The molecular weight excluding hydrogens is 890 g/mol. The minimum Gasteiger partial charge on any atom is -0.192 e. The maximum atomic E-state index is 10.8. The average Bonchev–Trinajstić information content (AvgIpc) is 3.53. The molecule has 0 aromatic heterocycles. The fourth-order valence-electron chi connectivity index (χ4n) is 12.3. The molecule has 0 aliphatic rings. The molecule has 0 heterocycles. The number of nitrogens with zero attached hydrogens (tertiary/aromatic N) is 2. The first-order valence-electron chi connectivity index (χ1n) is 25.3. The van der Waals surface area contributed by atoms with Gasteiger partial charge in [-0.3, -0.25) is 0 Å². The number of fused-ring (bicyclic) bond motifs is 4. The van der Waals surface area contributed by atoms with E-state index in [0.717, 1.165) is 65.5 Å². The van der Waals surface area contributed by atoms with Crippen LogP contribution in [-0.4, -0.2) is 13.4 Å². The largest absolute Gasteiger partial charge is 0.242 e. The number of rotatable bonds is 8. The third-order valence-electron chi connectivity index (χ3n) is 15.7. The molecule has 2 nitrogen and oxygen atoms in total. The van der Waals surface area contributed by atoms with Crippen LogP contribution in [0.3, 0.4) is 0 Å². The van der Waals surface area contributed by atoms with Gasteiger partial charge in [-0.05, 0) is 98.7 Å². The number of hydrogen-bond donors (Lipinski definition) is 0. The quantitative estimate of drug-likeness (QED) is 0.113. The maximum Gasteiger partial charge on any atom is 0.242 e. The summed E-state index contributed by atoms with van der Waals surface area (Å²) in [6.07, 6.45) is 0. The molecule has 0 amide bonds. The van der Waals surface area contributed by atoms with Crippen LogP contribution >= 0.6 is 0 Å². The summed E-state index contributed by atoms with van der Waals surface area (Å²) in [5, 5.41) is 37.9. The maximum absolute atomic E-state index is 10.8. The topological polar surface area (TPSA) is 47.6 Å². The smallest absolute Gasteiger partial charge is 0.192 e. The summed E-state index contributed by atoms with van der Waals surface area (Å²) in [5.41, 5.74) is 12.1. The van der Waals surface area contributed by atoms with E-state index in [2.05, 4.69) is 231 Å². The summed E-state index contributed by atoms with van der Waals surface area (Å²) in [7, 11) is 0. The van der Waals surface area contributed by atoms with E-state index < -0.39 is 0 Å². The number of nitriles is 2. The first-order chi connectivity index (χ1) is 36.6. The van der Waals surface area contributed by atoms with Gasteiger partial charge in [0, 0.05) is 11.1 Å². The van der Waals surface area contributed by atoms with Crippen molar-refractivity contribution in [2.45, 2.75) is 0 Å². The van der Waals surface area contributed by atoms with Crippen LogP contribution in [0.2, 0.25) is 0 Å². The fourth-order valence-corrected chi connectivity index (χ4v) is 12.3. The molecule has 0 spiro atoms. The first kappa shape index (κ1) is 43.1. The molecular formula is C70H42B2N2. The van der Waals surface area contributed by atoms with Crippen molar-refractivity contribution in [3.8, 4) is 34.4 Å². The van der Waals surface area contributed by atoms with Gasteiger partial charge in [-0.2, -0.15) is 10.5 Å². The fraction of sp³-hybridized carbons (Fsp3) is 0. The third kappa shape index (κ3) is 7.04. The van der Waals surface area contributed by atoms with Gasteiger partial charge in [0.15, 0.2) is 0 Å². The molecule has 14 aromatic rings. The summed E-state index contributed by atoms with van der Waals surface area (Å²) >= 11 is 0.